The summed E-state index contributed by atoms with van der Waals surface area (Å²) >= 11 is 1.59. The monoisotopic (exact) mass is 291 g/mol. The average Bonchev–Trinajstić information content (AvgIpc) is 2.89. The summed E-state index contributed by atoms with van der Waals surface area (Å²) < 4.78 is 5.63. The van der Waals surface area contributed by atoms with Crippen LogP contribution >= 0.6 is 11.8 Å². The molecule has 20 heavy (non-hydrogen) atoms. The zero-order chi connectivity index (χ0) is 14.2. The Morgan fingerprint density at radius 1 is 1.20 bits per heavy atom. The molecule has 0 atom stereocenters. The summed E-state index contributed by atoms with van der Waals surface area (Å²) in [5, 5.41) is 8.80. The zero-order valence-corrected chi connectivity index (χ0v) is 12.7. The van der Waals surface area contributed by atoms with Crippen LogP contribution in [0.1, 0.15) is 36.3 Å². The molecular formula is C15H21N3OS. The van der Waals surface area contributed by atoms with Crippen molar-refractivity contribution in [1.29, 1.82) is 0 Å². The highest BCUT2D eigenvalue weighted by Crippen LogP contribution is 2.22. The van der Waals surface area contributed by atoms with Crippen molar-refractivity contribution in [3.05, 3.63) is 41.3 Å². The molecule has 0 amide bonds. The summed E-state index contributed by atoms with van der Waals surface area (Å²) in [6.45, 7) is 2.85. The molecular weight excluding hydrogens is 270 g/mol. The topological polar surface area (TPSA) is 64.9 Å². The maximum Gasteiger partial charge on any atom is 0.276 e. The number of nitrogens with two attached hydrogens (primary N) is 1. The summed E-state index contributed by atoms with van der Waals surface area (Å²) in [6, 6.07) is 8.46. The number of hydrogen-bond acceptors (Lipinski definition) is 5. The molecule has 108 valence electrons. The molecule has 0 radical (unpaired) electrons. The minimum absolute atomic E-state index is 0.653. The van der Waals surface area contributed by atoms with Gasteiger partial charge in [0.25, 0.3) is 5.22 Å². The van der Waals surface area contributed by atoms with Crippen LogP contribution < -0.4 is 5.73 Å². The number of hydrogen-bond donors (Lipinski definition) is 1. The Labute approximate surface area is 124 Å². The minimum Gasteiger partial charge on any atom is -0.416 e. The van der Waals surface area contributed by atoms with Gasteiger partial charge in [-0.15, -0.1) is 10.2 Å². The lowest BCUT2D eigenvalue weighted by Crippen LogP contribution is -1.98. The van der Waals surface area contributed by atoms with Crippen LogP contribution in [0, 0.1) is 6.92 Å². The van der Waals surface area contributed by atoms with E-state index in [9.17, 15) is 0 Å². The molecule has 0 aliphatic carbocycles. The van der Waals surface area contributed by atoms with E-state index in [1.54, 1.807) is 11.8 Å². The standard InChI is InChI=1S/C15H21N3OS/c1-12-6-5-7-13(10-12)11-20-15-18-17-14(19-15)8-3-2-4-9-16/h5-7,10H,2-4,8-9,11,16H2,1H3. The second kappa shape index (κ2) is 8.07. The van der Waals surface area contributed by atoms with Crippen molar-refractivity contribution in [1.82, 2.24) is 10.2 Å². The Balaban J connectivity index is 1.78. The lowest BCUT2D eigenvalue weighted by Gasteiger charge is -1.99. The van der Waals surface area contributed by atoms with Crippen LogP contribution in [-0.4, -0.2) is 16.7 Å². The quantitative estimate of drug-likeness (QED) is 0.597. The van der Waals surface area contributed by atoms with Crippen molar-refractivity contribution < 1.29 is 4.42 Å². The fraction of sp³-hybridized carbons (Fsp3) is 0.467. The van der Waals surface area contributed by atoms with E-state index >= 15 is 0 Å². The first-order chi connectivity index (χ1) is 9.78. The number of thioether (sulfide) groups is 1. The Kier molecular flexibility index (Phi) is 6.08. The molecule has 2 N–H and O–H groups in total. The van der Waals surface area contributed by atoms with Crippen LogP contribution in [0.3, 0.4) is 0 Å². The molecule has 0 saturated heterocycles. The summed E-state index contributed by atoms with van der Waals surface area (Å²) in [5.41, 5.74) is 8.01. The second-order valence-electron chi connectivity index (χ2n) is 4.84. The second-order valence-corrected chi connectivity index (χ2v) is 5.77. The van der Waals surface area contributed by atoms with Crippen molar-refractivity contribution in [2.24, 2.45) is 5.73 Å². The number of benzene rings is 1. The molecule has 4 nitrogen and oxygen atoms in total. The molecule has 1 heterocycles. The molecule has 0 spiro atoms. The highest BCUT2D eigenvalue weighted by molar-refractivity contribution is 7.98. The molecule has 0 unspecified atom stereocenters. The lowest BCUT2D eigenvalue weighted by molar-refractivity contribution is 0.407. The van der Waals surface area contributed by atoms with E-state index < -0.39 is 0 Å². The van der Waals surface area contributed by atoms with Crippen molar-refractivity contribution in [2.75, 3.05) is 6.54 Å². The zero-order valence-electron chi connectivity index (χ0n) is 11.8. The van der Waals surface area contributed by atoms with Gasteiger partial charge in [0, 0.05) is 12.2 Å². The van der Waals surface area contributed by atoms with E-state index in [1.165, 1.54) is 11.1 Å². The van der Waals surface area contributed by atoms with E-state index in [0.717, 1.165) is 43.9 Å². The van der Waals surface area contributed by atoms with Crippen LogP contribution in [0.15, 0.2) is 33.9 Å². The summed E-state index contributed by atoms with van der Waals surface area (Å²) in [6.07, 6.45) is 4.08. The molecule has 2 aromatic rings. The molecule has 1 aromatic carbocycles. The molecule has 1 aromatic heterocycles. The molecule has 0 bridgehead atoms. The summed E-state index contributed by atoms with van der Waals surface area (Å²) in [5.74, 6) is 1.59. The third kappa shape index (κ3) is 4.98. The molecule has 2 rings (SSSR count). The lowest BCUT2D eigenvalue weighted by atomic mass is 10.2. The molecule has 5 heteroatoms. The van der Waals surface area contributed by atoms with Gasteiger partial charge in [-0.05, 0) is 31.9 Å². The van der Waals surface area contributed by atoms with Crippen LogP contribution in [0.25, 0.3) is 0 Å². The maximum absolute atomic E-state index is 5.63. The van der Waals surface area contributed by atoms with Gasteiger partial charge in [-0.25, -0.2) is 0 Å². The largest absolute Gasteiger partial charge is 0.416 e. The number of aromatic nitrogens is 2. The van der Waals surface area contributed by atoms with Crippen molar-refractivity contribution in [3.8, 4) is 0 Å². The number of rotatable bonds is 8. The Morgan fingerprint density at radius 3 is 2.90 bits per heavy atom. The van der Waals surface area contributed by atoms with Crippen LogP contribution in [0.4, 0.5) is 0 Å². The third-order valence-corrected chi connectivity index (χ3v) is 3.88. The Morgan fingerprint density at radius 2 is 2.10 bits per heavy atom. The van der Waals surface area contributed by atoms with Gasteiger partial charge in [0.1, 0.15) is 0 Å². The van der Waals surface area contributed by atoms with Gasteiger partial charge in [0.15, 0.2) is 0 Å². The predicted molar refractivity (Wildman–Crippen MR) is 81.6 cm³/mol. The van der Waals surface area contributed by atoms with Gasteiger partial charge in [0.05, 0.1) is 0 Å². The van der Waals surface area contributed by atoms with E-state index in [0.29, 0.717) is 5.22 Å². The Hall–Kier alpha value is -1.33. The van der Waals surface area contributed by atoms with Gasteiger partial charge in [-0.2, -0.15) is 0 Å². The molecule has 0 aliphatic rings. The molecule has 0 fully saturated rings. The fourth-order valence-electron chi connectivity index (χ4n) is 1.94. The molecule has 0 saturated carbocycles. The van der Waals surface area contributed by atoms with Gasteiger partial charge in [-0.3, -0.25) is 0 Å². The maximum atomic E-state index is 5.63. The van der Waals surface area contributed by atoms with Crippen molar-refractivity contribution >= 4 is 11.8 Å². The van der Waals surface area contributed by atoms with Crippen molar-refractivity contribution in [2.45, 2.75) is 43.6 Å². The highest BCUT2D eigenvalue weighted by atomic mass is 32.2. The van der Waals surface area contributed by atoms with Crippen LogP contribution in [0.2, 0.25) is 0 Å². The number of aryl methyl sites for hydroxylation is 2. The first kappa shape index (κ1) is 15.1. The first-order valence-electron chi connectivity index (χ1n) is 6.98. The summed E-state index contributed by atoms with van der Waals surface area (Å²) in [4.78, 5) is 0. The van der Waals surface area contributed by atoms with E-state index in [2.05, 4.69) is 41.4 Å². The normalized spacial score (nSPS) is 10.9. The first-order valence-corrected chi connectivity index (χ1v) is 7.97. The predicted octanol–water partition coefficient (Wildman–Crippen LogP) is 3.34. The number of unbranched alkanes of at least 4 members (excludes halogenated alkanes) is 2. The average molecular weight is 291 g/mol. The number of nitrogens with zero attached hydrogens (tertiary/aromatic N) is 2. The van der Waals surface area contributed by atoms with Gasteiger partial charge < -0.3 is 10.2 Å². The summed E-state index contributed by atoms with van der Waals surface area (Å²) in [7, 11) is 0. The third-order valence-electron chi connectivity index (χ3n) is 2.99. The van der Waals surface area contributed by atoms with Gasteiger partial charge >= 0.3 is 0 Å². The van der Waals surface area contributed by atoms with Gasteiger partial charge in [0.2, 0.25) is 5.89 Å². The highest BCUT2D eigenvalue weighted by Gasteiger charge is 2.06. The SMILES string of the molecule is Cc1cccc(CSc2nnc(CCCCCN)o2)c1. The smallest absolute Gasteiger partial charge is 0.276 e. The Bertz CT molecular complexity index is 527. The van der Waals surface area contributed by atoms with E-state index in [-0.39, 0.29) is 0 Å². The van der Waals surface area contributed by atoms with Gasteiger partial charge in [-0.1, -0.05) is 48.0 Å². The van der Waals surface area contributed by atoms with Crippen molar-refractivity contribution in [3.63, 3.8) is 0 Å². The van der Waals surface area contributed by atoms with E-state index in [4.69, 9.17) is 10.2 Å². The van der Waals surface area contributed by atoms with E-state index in [1.807, 2.05) is 0 Å². The van der Waals surface area contributed by atoms with Crippen LogP contribution in [-0.2, 0) is 12.2 Å². The van der Waals surface area contributed by atoms with Crippen LogP contribution in [0.5, 0.6) is 0 Å². The molecule has 0 aliphatic heterocycles. The fourth-order valence-corrected chi connectivity index (χ4v) is 2.67. The minimum atomic E-state index is 0.653.